The quantitative estimate of drug-likeness (QED) is 0.727. The second kappa shape index (κ2) is 3.90. The van der Waals surface area contributed by atoms with E-state index in [1.54, 1.807) is 11.6 Å². The van der Waals surface area contributed by atoms with E-state index < -0.39 is 0 Å². The molecule has 0 N–H and O–H groups in total. The molecule has 0 aliphatic heterocycles. The van der Waals surface area contributed by atoms with Crippen molar-refractivity contribution in [2.75, 3.05) is 0 Å². The molecule has 0 radical (unpaired) electrons. The summed E-state index contributed by atoms with van der Waals surface area (Å²) < 4.78 is 1.61. The normalized spacial score (nSPS) is 10.5. The largest absolute Gasteiger partial charge is 0.314 e. The summed E-state index contributed by atoms with van der Waals surface area (Å²) in [4.78, 5) is 16.0. The zero-order valence-corrected chi connectivity index (χ0v) is 9.28. The van der Waals surface area contributed by atoms with E-state index in [4.69, 9.17) is 0 Å². The number of ketones is 1. The predicted molar refractivity (Wildman–Crippen MR) is 55.9 cm³/mol. The third-order valence-corrected chi connectivity index (χ3v) is 2.91. The van der Waals surface area contributed by atoms with E-state index in [0.717, 1.165) is 10.7 Å². The molecule has 0 spiro atoms. The Morgan fingerprint density at radius 1 is 1.60 bits per heavy atom. The third kappa shape index (κ3) is 2.10. The fourth-order valence-electron chi connectivity index (χ4n) is 1.24. The van der Waals surface area contributed by atoms with Gasteiger partial charge in [0.2, 0.25) is 5.78 Å². The smallest absolute Gasteiger partial charge is 0.206 e. The number of carbonyl (C=O) groups excluding carboxylic acids is 1. The van der Waals surface area contributed by atoms with Crippen molar-refractivity contribution in [3.05, 3.63) is 28.2 Å². The van der Waals surface area contributed by atoms with Gasteiger partial charge >= 0.3 is 0 Å². The molecular formula is C9H10N4OS. The molecule has 15 heavy (non-hydrogen) atoms. The van der Waals surface area contributed by atoms with Crippen LogP contribution in [0, 0.1) is 6.92 Å². The van der Waals surface area contributed by atoms with Crippen LogP contribution >= 0.6 is 11.3 Å². The molecule has 2 aromatic rings. The van der Waals surface area contributed by atoms with Crippen molar-refractivity contribution >= 4 is 17.1 Å². The van der Waals surface area contributed by atoms with Crippen LogP contribution in [0.5, 0.6) is 0 Å². The first-order chi connectivity index (χ1) is 7.16. The van der Waals surface area contributed by atoms with Crippen LogP contribution in [0.4, 0.5) is 0 Å². The molecule has 0 aliphatic carbocycles. The summed E-state index contributed by atoms with van der Waals surface area (Å²) in [7, 11) is 1.75. The van der Waals surface area contributed by atoms with E-state index in [9.17, 15) is 4.79 Å². The molecule has 0 unspecified atom stereocenters. The minimum Gasteiger partial charge on any atom is -0.314 e. The Balaban J connectivity index is 2.14. The highest BCUT2D eigenvalue weighted by molar-refractivity contribution is 7.09. The number of hydrogen-bond acceptors (Lipinski definition) is 5. The summed E-state index contributed by atoms with van der Waals surface area (Å²) in [6.45, 7) is 1.91. The predicted octanol–water partition coefficient (Wildman–Crippen LogP) is 1.01. The molecule has 2 rings (SSSR count). The molecule has 78 valence electrons. The van der Waals surface area contributed by atoms with E-state index in [2.05, 4.69) is 15.2 Å². The fraction of sp³-hybridized carbons (Fsp3) is 0.333. The number of hydrogen-bond donors (Lipinski definition) is 0. The van der Waals surface area contributed by atoms with Crippen LogP contribution in [0.15, 0.2) is 11.7 Å². The monoisotopic (exact) mass is 222 g/mol. The van der Waals surface area contributed by atoms with Gasteiger partial charge in [-0.25, -0.2) is 4.98 Å². The molecule has 2 heterocycles. The summed E-state index contributed by atoms with van der Waals surface area (Å²) in [6.07, 6.45) is 1.81. The molecule has 2 aromatic heterocycles. The van der Waals surface area contributed by atoms with Crippen molar-refractivity contribution in [3.8, 4) is 0 Å². The lowest BCUT2D eigenvalue weighted by atomic mass is 10.3. The molecule has 6 heteroatoms. The SMILES string of the molecule is Cc1csc(CC(=O)c2nncn2C)n1. The Labute approximate surface area is 90.8 Å². The number of carbonyl (C=O) groups is 1. The Bertz CT molecular complexity index is 488. The zero-order chi connectivity index (χ0) is 10.8. The van der Waals surface area contributed by atoms with E-state index in [1.807, 2.05) is 12.3 Å². The lowest BCUT2D eigenvalue weighted by molar-refractivity contribution is 0.0979. The Hall–Kier alpha value is -1.56. The van der Waals surface area contributed by atoms with E-state index in [-0.39, 0.29) is 5.78 Å². The Morgan fingerprint density at radius 3 is 2.93 bits per heavy atom. The number of aromatic nitrogens is 4. The Morgan fingerprint density at radius 2 is 2.40 bits per heavy atom. The molecule has 0 aliphatic rings. The van der Waals surface area contributed by atoms with Gasteiger partial charge in [-0.3, -0.25) is 4.79 Å². The minimum atomic E-state index is -0.0515. The van der Waals surface area contributed by atoms with Crippen LogP contribution < -0.4 is 0 Å². The molecule has 0 aromatic carbocycles. The first-order valence-corrected chi connectivity index (χ1v) is 5.33. The zero-order valence-electron chi connectivity index (χ0n) is 8.47. The summed E-state index contributed by atoms with van der Waals surface area (Å²) in [5.41, 5.74) is 0.945. The summed E-state index contributed by atoms with van der Waals surface area (Å²) in [5.74, 6) is 0.326. The molecule has 0 amide bonds. The van der Waals surface area contributed by atoms with Gasteiger partial charge in [-0.05, 0) is 6.92 Å². The average Bonchev–Trinajstić information content (AvgIpc) is 2.75. The van der Waals surface area contributed by atoms with Gasteiger partial charge in [-0.1, -0.05) is 0 Å². The standard InChI is InChI=1S/C9H10N4OS/c1-6-4-15-8(11-6)3-7(14)9-12-10-5-13(9)2/h4-5H,3H2,1-2H3. The van der Waals surface area contributed by atoms with Crippen LogP contribution in [0.3, 0.4) is 0 Å². The maximum atomic E-state index is 11.7. The van der Waals surface area contributed by atoms with E-state index in [0.29, 0.717) is 12.2 Å². The number of nitrogens with zero attached hydrogens (tertiary/aromatic N) is 4. The molecule has 0 saturated carbocycles. The van der Waals surface area contributed by atoms with Crippen molar-refractivity contribution in [1.82, 2.24) is 19.7 Å². The number of rotatable bonds is 3. The number of thiazole rings is 1. The highest BCUT2D eigenvalue weighted by Gasteiger charge is 2.14. The molecule has 0 atom stereocenters. The lowest BCUT2D eigenvalue weighted by Gasteiger charge is -1.96. The van der Waals surface area contributed by atoms with Gasteiger partial charge in [0.1, 0.15) is 11.3 Å². The van der Waals surface area contributed by atoms with Crippen molar-refractivity contribution < 1.29 is 4.79 Å². The highest BCUT2D eigenvalue weighted by Crippen LogP contribution is 2.11. The van der Waals surface area contributed by atoms with Crippen molar-refractivity contribution in [2.45, 2.75) is 13.3 Å². The second-order valence-corrected chi connectivity index (χ2v) is 4.19. The number of Topliss-reactive ketones (excluding diaryl/α,β-unsaturated/α-hetero) is 1. The van der Waals surface area contributed by atoms with Crippen molar-refractivity contribution in [3.63, 3.8) is 0 Å². The fourth-order valence-corrected chi connectivity index (χ4v) is 2.01. The lowest BCUT2D eigenvalue weighted by Crippen LogP contribution is -2.10. The maximum absolute atomic E-state index is 11.7. The van der Waals surface area contributed by atoms with Crippen LogP contribution in [0.2, 0.25) is 0 Å². The molecular weight excluding hydrogens is 212 g/mol. The van der Waals surface area contributed by atoms with Crippen molar-refractivity contribution in [2.24, 2.45) is 7.05 Å². The summed E-state index contributed by atoms with van der Waals surface area (Å²) in [6, 6.07) is 0. The van der Waals surface area contributed by atoms with Gasteiger partial charge in [-0.15, -0.1) is 21.5 Å². The van der Waals surface area contributed by atoms with Gasteiger partial charge in [0.05, 0.1) is 6.42 Å². The van der Waals surface area contributed by atoms with E-state index >= 15 is 0 Å². The second-order valence-electron chi connectivity index (χ2n) is 3.25. The van der Waals surface area contributed by atoms with Gasteiger partial charge in [0.15, 0.2) is 5.82 Å². The van der Waals surface area contributed by atoms with Crippen LogP contribution in [0.25, 0.3) is 0 Å². The minimum absolute atomic E-state index is 0.0515. The van der Waals surface area contributed by atoms with Crippen LogP contribution in [0.1, 0.15) is 21.3 Å². The average molecular weight is 222 g/mol. The highest BCUT2D eigenvalue weighted by atomic mass is 32.1. The van der Waals surface area contributed by atoms with Gasteiger partial charge in [-0.2, -0.15) is 0 Å². The number of aryl methyl sites for hydroxylation is 2. The van der Waals surface area contributed by atoms with E-state index in [1.165, 1.54) is 17.7 Å². The van der Waals surface area contributed by atoms with Gasteiger partial charge < -0.3 is 4.57 Å². The van der Waals surface area contributed by atoms with Crippen LogP contribution in [-0.2, 0) is 13.5 Å². The first-order valence-electron chi connectivity index (χ1n) is 4.45. The molecule has 0 fully saturated rings. The van der Waals surface area contributed by atoms with Gasteiger partial charge in [0, 0.05) is 18.1 Å². The molecule has 0 saturated heterocycles. The summed E-state index contributed by atoms with van der Waals surface area (Å²) >= 11 is 1.49. The Kier molecular flexibility index (Phi) is 2.59. The van der Waals surface area contributed by atoms with Crippen LogP contribution in [-0.4, -0.2) is 25.5 Å². The maximum Gasteiger partial charge on any atom is 0.206 e. The van der Waals surface area contributed by atoms with Crippen molar-refractivity contribution in [1.29, 1.82) is 0 Å². The summed E-state index contributed by atoms with van der Waals surface area (Å²) in [5, 5.41) is 10.2. The molecule has 0 bridgehead atoms. The van der Waals surface area contributed by atoms with Gasteiger partial charge in [0.25, 0.3) is 0 Å². The topological polar surface area (TPSA) is 60.7 Å². The third-order valence-electron chi connectivity index (χ3n) is 1.94. The first kappa shape index (κ1) is 9.97. The molecule has 5 nitrogen and oxygen atoms in total.